The lowest BCUT2D eigenvalue weighted by molar-refractivity contribution is -0.122. The number of sulfonamides is 1. The van der Waals surface area contributed by atoms with Crippen LogP contribution in [0.15, 0.2) is 59.5 Å². The Morgan fingerprint density at radius 3 is 2.52 bits per heavy atom. The van der Waals surface area contributed by atoms with Crippen LogP contribution in [0, 0.1) is 5.82 Å². The number of hydrogen-bond acceptors (Lipinski definition) is 3. The minimum absolute atomic E-state index is 0.0263. The molecule has 1 aliphatic rings. The van der Waals surface area contributed by atoms with Gasteiger partial charge in [-0.05, 0) is 36.6 Å². The third kappa shape index (κ3) is 4.73. The quantitative estimate of drug-likeness (QED) is 0.875. The minimum Gasteiger partial charge on any atom is -0.356 e. The van der Waals surface area contributed by atoms with E-state index in [-0.39, 0.29) is 23.8 Å². The first-order chi connectivity index (χ1) is 13.0. The van der Waals surface area contributed by atoms with E-state index in [0.29, 0.717) is 13.0 Å². The predicted octanol–water partition coefficient (Wildman–Crippen LogP) is 3.25. The van der Waals surface area contributed by atoms with Crippen LogP contribution in [-0.4, -0.2) is 31.7 Å². The molecule has 0 aliphatic carbocycles. The van der Waals surface area contributed by atoms with Crippen molar-refractivity contribution in [2.24, 2.45) is 0 Å². The number of halogens is 1. The fourth-order valence-electron chi connectivity index (χ4n) is 3.31. The van der Waals surface area contributed by atoms with Crippen LogP contribution in [0.25, 0.3) is 0 Å². The Hall–Kier alpha value is -2.25. The van der Waals surface area contributed by atoms with E-state index in [2.05, 4.69) is 5.32 Å². The van der Waals surface area contributed by atoms with Gasteiger partial charge in [0.25, 0.3) is 0 Å². The molecule has 1 amide bonds. The lowest BCUT2D eigenvalue weighted by Gasteiger charge is -2.32. The molecule has 0 spiro atoms. The maximum atomic E-state index is 13.7. The molecule has 5 nitrogen and oxygen atoms in total. The topological polar surface area (TPSA) is 66.5 Å². The second-order valence-corrected chi connectivity index (χ2v) is 8.50. The summed E-state index contributed by atoms with van der Waals surface area (Å²) in [5.74, 6) is -0.795. The van der Waals surface area contributed by atoms with Crippen molar-refractivity contribution < 1.29 is 17.6 Å². The highest BCUT2D eigenvalue weighted by molar-refractivity contribution is 7.89. The van der Waals surface area contributed by atoms with Crippen LogP contribution in [-0.2, 0) is 14.8 Å². The summed E-state index contributed by atoms with van der Waals surface area (Å²) in [5, 5.41) is 2.85. The van der Waals surface area contributed by atoms with Gasteiger partial charge in [-0.3, -0.25) is 4.79 Å². The van der Waals surface area contributed by atoms with E-state index in [9.17, 15) is 17.6 Å². The van der Waals surface area contributed by atoms with Crippen molar-refractivity contribution in [3.8, 4) is 0 Å². The lowest BCUT2D eigenvalue weighted by atomic mass is 10.0. The number of carbonyl (C=O) groups is 1. The monoisotopic (exact) mass is 390 g/mol. The third-order valence-electron chi connectivity index (χ3n) is 4.69. The first-order valence-corrected chi connectivity index (χ1v) is 10.5. The zero-order chi connectivity index (χ0) is 19.3. The standard InChI is InChI=1S/C20H23FN2O3S/c21-17-10-7-11-18(14-17)27(25,26)23-13-6-2-5-12-22-20(24)15-19(23)16-8-3-1-4-9-16/h1,3-4,7-11,14,19H,2,5-6,12-13,15H2,(H,22,24). The molecule has 2 aromatic rings. The fourth-order valence-corrected chi connectivity index (χ4v) is 5.00. The molecule has 0 radical (unpaired) electrons. The van der Waals surface area contributed by atoms with Gasteiger partial charge in [-0.25, -0.2) is 12.8 Å². The molecule has 27 heavy (non-hydrogen) atoms. The molecule has 0 saturated carbocycles. The number of rotatable bonds is 3. The van der Waals surface area contributed by atoms with Gasteiger partial charge in [-0.15, -0.1) is 0 Å². The normalized spacial score (nSPS) is 20.0. The Balaban J connectivity index is 2.05. The molecule has 1 heterocycles. The SMILES string of the molecule is O=C1CC(c2ccccc2)N(S(=O)(=O)c2cccc(F)c2)CCCCCN1. The Morgan fingerprint density at radius 2 is 1.78 bits per heavy atom. The smallest absolute Gasteiger partial charge is 0.243 e. The number of hydrogen-bond donors (Lipinski definition) is 1. The van der Waals surface area contributed by atoms with Gasteiger partial charge >= 0.3 is 0 Å². The molecule has 1 N–H and O–H groups in total. The number of nitrogens with one attached hydrogen (secondary N) is 1. The highest BCUT2D eigenvalue weighted by Crippen LogP contribution is 2.31. The van der Waals surface area contributed by atoms with Crippen LogP contribution in [0.2, 0.25) is 0 Å². The summed E-state index contributed by atoms with van der Waals surface area (Å²) in [7, 11) is -3.96. The van der Waals surface area contributed by atoms with Gasteiger partial charge < -0.3 is 5.32 Å². The molecule has 2 aromatic carbocycles. The molecule has 1 atom stereocenters. The van der Waals surface area contributed by atoms with Gasteiger partial charge in [0.1, 0.15) is 5.82 Å². The summed E-state index contributed by atoms with van der Waals surface area (Å²) in [6, 6.07) is 13.5. The summed E-state index contributed by atoms with van der Waals surface area (Å²) >= 11 is 0. The van der Waals surface area contributed by atoms with E-state index < -0.39 is 21.9 Å². The zero-order valence-corrected chi connectivity index (χ0v) is 15.8. The number of carbonyl (C=O) groups excluding carboxylic acids is 1. The largest absolute Gasteiger partial charge is 0.356 e. The molecule has 144 valence electrons. The molecular weight excluding hydrogens is 367 g/mol. The Kier molecular flexibility index (Phi) is 6.23. The lowest BCUT2D eigenvalue weighted by Crippen LogP contribution is -2.39. The summed E-state index contributed by atoms with van der Waals surface area (Å²) < 4.78 is 41.7. The molecule has 3 rings (SSSR count). The average molecular weight is 390 g/mol. The molecule has 1 saturated heterocycles. The van der Waals surface area contributed by atoms with E-state index in [4.69, 9.17) is 0 Å². The molecule has 1 unspecified atom stereocenters. The minimum atomic E-state index is -3.96. The van der Waals surface area contributed by atoms with Crippen molar-refractivity contribution in [1.82, 2.24) is 9.62 Å². The van der Waals surface area contributed by atoms with Crippen molar-refractivity contribution in [2.75, 3.05) is 13.1 Å². The maximum Gasteiger partial charge on any atom is 0.243 e. The second-order valence-electron chi connectivity index (χ2n) is 6.61. The van der Waals surface area contributed by atoms with Crippen LogP contribution in [0.5, 0.6) is 0 Å². The summed E-state index contributed by atoms with van der Waals surface area (Å²) in [4.78, 5) is 12.3. The van der Waals surface area contributed by atoms with Crippen LogP contribution < -0.4 is 5.32 Å². The first kappa shape index (κ1) is 19.5. The molecule has 7 heteroatoms. The molecular formula is C20H23FN2O3S. The molecule has 1 fully saturated rings. The van der Waals surface area contributed by atoms with Gasteiger partial charge in [0.15, 0.2) is 0 Å². The van der Waals surface area contributed by atoms with Crippen LogP contribution in [0.4, 0.5) is 4.39 Å². The van der Waals surface area contributed by atoms with Gasteiger partial charge in [0.05, 0.1) is 10.9 Å². The maximum absolute atomic E-state index is 13.7. The zero-order valence-electron chi connectivity index (χ0n) is 15.0. The van der Waals surface area contributed by atoms with Crippen LogP contribution in [0.3, 0.4) is 0 Å². The number of amides is 1. The predicted molar refractivity (Wildman–Crippen MR) is 101 cm³/mol. The van der Waals surface area contributed by atoms with Crippen molar-refractivity contribution in [3.63, 3.8) is 0 Å². The fraction of sp³-hybridized carbons (Fsp3) is 0.350. The van der Waals surface area contributed by atoms with Crippen LogP contribution >= 0.6 is 0 Å². The summed E-state index contributed by atoms with van der Waals surface area (Å²) in [5.41, 5.74) is 0.744. The molecule has 0 bridgehead atoms. The summed E-state index contributed by atoms with van der Waals surface area (Å²) in [6.07, 6.45) is 2.30. The van der Waals surface area contributed by atoms with E-state index in [1.165, 1.54) is 22.5 Å². The molecule has 0 aromatic heterocycles. The van der Waals surface area contributed by atoms with Gasteiger partial charge in [-0.1, -0.05) is 42.8 Å². The average Bonchev–Trinajstić information content (AvgIpc) is 2.67. The van der Waals surface area contributed by atoms with E-state index in [1.54, 1.807) is 0 Å². The first-order valence-electron chi connectivity index (χ1n) is 9.07. The third-order valence-corrected chi connectivity index (χ3v) is 6.60. The number of benzene rings is 2. The van der Waals surface area contributed by atoms with E-state index in [1.807, 2.05) is 30.3 Å². The highest BCUT2D eigenvalue weighted by Gasteiger charge is 2.34. The van der Waals surface area contributed by atoms with Crippen molar-refractivity contribution in [3.05, 3.63) is 66.0 Å². The van der Waals surface area contributed by atoms with Crippen molar-refractivity contribution in [1.29, 1.82) is 0 Å². The Bertz CT molecular complexity index is 887. The Labute approximate surface area is 159 Å². The van der Waals surface area contributed by atoms with Crippen molar-refractivity contribution >= 4 is 15.9 Å². The van der Waals surface area contributed by atoms with E-state index in [0.717, 1.165) is 24.5 Å². The van der Waals surface area contributed by atoms with Gasteiger partial charge in [-0.2, -0.15) is 4.31 Å². The highest BCUT2D eigenvalue weighted by atomic mass is 32.2. The van der Waals surface area contributed by atoms with Crippen LogP contribution in [0.1, 0.15) is 37.3 Å². The van der Waals surface area contributed by atoms with Crippen molar-refractivity contribution in [2.45, 2.75) is 36.6 Å². The second kappa shape index (κ2) is 8.63. The van der Waals surface area contributed by atoms with E-state index >= 15 is 0 Å². The molecule has 1 aliphatic heterocycles. The Morgan fingerprint density at radius 1 is 1.00 bits per heavy atom. The summed E-state index contributed by atoms with van der Waals surface area (Å²) in [6.45, 7) is 0.878. The van der Waals surface area contributed by atoms with Gasteiger partial charge in [0, 0.05) is 19.5 Å². The van der Waals surface area contributed by atoms with Gasteiger partial charge in [0.2, 0.25) is 15.9 Å². The number of nitrogens with zero attached hydrogens (tertiary/aromatic N) is 1.